The van der Waals surface area contributed by atoms with E-state index in [2.05, 4.69) is 53.0 Å². The van der Waals surface area contributed by atoms with Gasteiger partial charge in [0.15, 0.2) is 0 Å². The smallest absolute Gasteiger partial charge is 0.0953 e. The molecule has 0 saturated heterocycles. The summed E-state index contributed by atoms with van der Waals surface area (Å²) < 4.78 is 2.21. The number of anilines is 1. The molecule has 0 unspecified atom stereocenters. The molecule has 1 N–H and O–H groups in total. The monoisotopic (exact) mass is 267 g/mol. The number of imidazole rings is 1. The first-order valence-corrected chi connectivity index (χ1v) is 7.25. The van der Waals surface area contributed by atoms with Gasteiger partial charge in [-0.25, -0.2) is 4.98 Å². The Hall–Kier alpha value is -2.03. The number of nitrogens with one attached hydrogen (secondary N) is 1. The molecular formula is C17H21N3. The number of hydrogen-bond donors (Lipinski definition) is 1. The van der Waals surface area contributed by atoms with Gasteiger partial charge < -0.3 is 9.88 Å². The third-order valence-corrected chi connectivity index (χ3v) is 3.76. The first kappa shape index (κ1) is 13.0. The van der Waals surface area contributed by atoms with Crippen LogP contribution in [-0.4, -0.2) is 16.1 Å². The van der Waals surface area contributed by atoms with E-state index >= 15 is 0 Å². The summed E-state index contributed by atoms with van der Waals surface area (Å²) in [6, 6.07) is 6.56. The van der Waals surface area contributed by atoms with Gasteiger partial charge >= 0.3 is 0 Å². The van der Waals surface area contributed by atoms with Crippen molar-refractivity contribution in [2.24, 2.45) is 0 Å². The van der Waals surface area contributed by atoms with E-state index in [9.17, 15) is 0 Å². The largest absolute Gasteiger partial charge is 0.384 e. The minimum Gasteiger partial charge on any atom is -0.384 e. The molecule has 20 heavy (non-hydrogen) atoms. The number of fused-ring (bicyclic) bond motifs is 1. The number of para-hydroxylation sites is 1. The lowest BCUT2D eigenvalue weighted by Gasteiger charge is -2.21. The Balaban J connectivity index is 2.02. The summed E-state index contributed by atoms with van der Waals surface area (Å²) in [5, 5.41) is 3.56. The zero-order valence-electron chi connectivity index (χ0n) is 12.2. The maximum Gasteiger partial charge on any atom is 0.0953 e. The Bertz CT molecular complexity index is 633. The lowest BCUT2D eigenvalue weighted by molar-refractivity contribution is 0.814. The summed E-state index contributed by atoms with van der Waals surface area (Å²) in [5.74, 6) is 0. The Morgan fingerprint density at radius 3 is 3.15 bits per heavy atom. The summed E-state index contributed by atoms with van der Waals surface area (Å²) in [6.07, 6.45) is 8.49. The van der Waals surface area contributed by atoms with Gasteiger partial charge in [-0.15, -0.1) is 0 Å². The van der Waals surface area contributed by atoms with Crippen molar-refractivity contribution in [2.45, 2.75) is 33.2 Å². The van der Waals surface area contributed by atoms with Crippen molar-refractivity contribution in [3.63, 3.8) is 0 Å². The predicted octanol–water partition coefficient (Wildman–Crippen LogP) is 3.87. The molecule has 1 aromatic carbocycles. The van der Waals surface area contributed by atoms with Gasteiger partial charge in [0.25, 0.3) is 0 Å². The van der Waals surface area contributed by atoms with Gasteiger partial charge in [-0.1, -0.05) is 29.8 Å². The Morgan fingerprint density at radius 2 is 2.30 bits per heavy atom. The zero-order valence-corrected chi connectivity index (χ0v) is 12.2. The highest BCUT2D eigenvalue weighted by molar-refractivity contribution is 5.79. The average Bonchev–Trinajstić information content (AvgIpc) is 2.92. The molecule has 1 aromatic heterocycles. The highest BCUT2D eigenvalue weighted by Gasteiger charge is 2.15. The topological polar surface area (TPSA) is 29.9 Å². The van der Waals surface area contributed by atoms with Gasteiger partial charge in [-0.2, -0.15) is 0 Å². The minimum atomic E-state index is 0.876. The number of aryl methyl sites for hydroxylation is 1. The van der Waals surface area contributed by atoms with Crippen LogP contribution in [0.25, 0.3) is 11.3 Å². The first-order chi connectivity index (χ1) is 9.75. The SMILES string of the molecule is CC(C)=CCn1cncc1-c1cccc2c1NCCC2. The lowest BCUT2D eigenvalue weighted by atomic mass is 9.98. The molecule has 1 aliphatic heterocycles. The molecule has 3 rings (SSSR count). The van der Waals surface area contributed by atoms with Gasteiger partial charge in [0.1, 0.15) is 0 Å². The van der Waals surface area contributed by atoms with Crippen molar-refractivity contribution in [2.75, 3.05) is 11.9 Å². The molecule has 0 amide bonds. The molecule has 0 fully saturated rings. The second kappa shape index (κ2) is 5.53. The van der Waals surface area contributed by atoms with Crippen LogP contribution in [0, 0.1) is 0 Å². The quantitative estimate of drug-likeness (QED) is 0.855. The summed E-state index contributed by atoms with van der Waals surface area (Å²) >= 11 is 0. The molecule has 0 radical (unpaired) electrons. The van der Waals surface area contributed by atoms with Crippen LogP contribution in [0.3, 0.4) is 0 Å². The molecule has 0 atom stereocenters. The maximum absolute atomic E-state index is 4.33. The summed E-state index contributed by atoms with van der Waals surface area (Å²) in [4.78, 5) is 4.33. The van der Waals surface area contributed by atoms with Crippen molar-refractivity contribution in [1.82, 2.24) is 9.55 Å². The number of benzene rings is 1. The molecule has 0 aliphatic carbocycles. The first-order valence-electron chi connectivity index (χ1n) is 7.25. The standard InChI is InChI=1S/C17H21N3/c1-13(2)8-10-20-12-18-11-16(20)15-7-3-5-14-6-4-9-19-17(14)15/h3,5,7-8,11-12,19H,4,6,9-10H2,1-2H3. The van der Waals surface area contributed by atoms with E-state index in [1.54, 1.807) is 0 Å². The normalized spacial score (nSPS) is 13.5. The molecule has 0 spiro atoms. The Kier molecular flexibility index (Phi) is 3.59. The van der Waals surface area contributed by atoms with Gasteiger partial charge in [-0.05, 0) is 32.3 Å². The van der Waals surface area contributed by atoms with Crippen LogP contribution in [0.4, 0.5) is 5.69 Å². The molecule has 3 heteroatoms. The molecule has 0 bridgehead atoms. The average molecular weight is 267 g/mol. The van der Waals surface area contributed by atoms with Crippen LogP contribution in [0.1, 0.15) is 25.8 Å². The zero-order chi connectivity index (χ0) is 13.9. The predicted molar refractivity (Wildman–Crippen MR) is 83.9 cm³/mol. The number of nitrogens with zero attached hydrogens (tertiary/aromatic N) is 2. The van der Waals surface area contributed by atoms with E-state index in [4.69, 9.17) is 0 Å². The maximum atomic E-state index is 4.33. The molecular weight excluding hydrogens is 246 g/mol. The highest BCUT2D eigenvalue weighted by atomic mass is 15.0. The molecule has 104 valence electrons. The second-order valence-electron chi connectivity index (χ2n) is 5.58. The Morgan fingerprint density at radius 1 is 1.40 bits per heavy atom. The number of hydrogen-bond acceptors (Lipinski definition) is 2. The van der Waals surface area contributed by atoms with E-state index < -0.39 is 0 Å². The van der Waals surface area contributed by atoms with Crippen molar-refractivity contribution in [1.29, 1.82) is 0 Å². The second-order valence-corrected chi connectivity index (χ2v) is 5.58. The van der Waals surface area contributed by atoms with E-state index in [0.29, 0.717) is 0 Å². The van der Waals surface area contributed by atoms with Crippen LogP contribution in [-0.2, 0) is 13.0 Å². The molecule has 3 nitrogen and oxygen atoms in total. The van der Waals surface area contributed by atoms with Gasteiger partial charge in [0, 0.05) is 24.3 Å². The van der Waals surface area contributed by atoms with Crippen LogP contribution in [0.2, 0.25) is 0 Å². The van der Waals surface area contributed by atoms with Gasteiger partial charge in [-0.3, -0.25) is 0 Å². The van der Waals surface area contributed by atoms with Crippen LogP contribution in [0.15, 0.2) is 42.4 Å². The fourth-order valence-electron chi connectivity index (χ4n) is 2.69. The van der Waals surface area contributed by atoms with E-state index in [1.807, 2.05) is 12.5 Å². The van der Waals surface area contributed by atoms with Crippen LogP contribution in [0.5, 0.6) is 0 Å². The van der Waals surface area contributed by atoms with Crippen molar-refractivity contribution in [3.05, 3.63) is 47.9 Å². The molecule has 0 saturated carbocycles. The van der Waals surface area contributed by atoms with E-state index in [-0.39, 0.29) is 0 Å². The molecule has 1 aliphatic rings. The minimum absolute atomic E-state index is 0.876. The highest BCUT2D eigenvalue weighted by Crippen LogP contribution is 2.33. The van der Waals surface area contributed by atoms with E-state index in [0.717, 1.165) is 19.5 Å². The van der Waals surface area contributed by atoms with Crippen LogP contribution >= 0.6 is 0 Å². The lowest BCUT2D eigenvalue weighted by Crippen LogP contribution is -2.13. The summed E-state index contributed by atoms with van der Waals surface area (Å²) in [7, 11) is 0. The van der Waals surface area contributed by atoms with Gasteiger partial charge in [0.2, 0.25) is 0 Å². The number of aromatic nitrogens is 2. The molecule has 2 heterocycles. The van der Waals surface area contributed by atoms with Crippen LogP contribution < -0.4 is 5.32 Å². The fourth-order valence-corrected chi connectivity index (χ4v) is 2.69. The summed E-state index contributed by atoms with van der Waals surface area (Å²) in [5.41, 5.74) is 6.50. The van der Waals surface area contributed by atoms with Crippen molar-refractivity contribution in [3.8, 4) is 11.3 Å². The third kappa shape index (κ3) is 2.48. The Labute approximate surface area is 120 Å². The fraction of sp³-hybridized carbons (Fsp3) is 0.353. The third-order valence-electron chi connectivity index (χ3n) is 3.76. The molecule has 2 aromatic rings. The van der Waals surface area contributed by atoms with Crippen molar-refractivity contribution >= 4 is 5.69 Å². The van der Waals surface area contributed by atoms with E-state index in [1.165, 1.54) is 34.5 Å². The van der Waals surface area contributed by atoms with Gasteiger partial charge in [0.05, 0.1) is 18.2 Å². The summed E-state index contributed by atoms with van der Waals surface area (Å²) in [6.45, 7) is 6.19. The number of rotatable bonds is 3. The number of allylic oxidation sites excluding steroid dienone is 2. The van der Waals surface area contributed by atoms with Crippen molar-refractivity contribution < 1.29 is 0 Å².